The lowest BCUT2D eigenvalue weighted by atomic mass is 9.83. The van der Waals surface area contributed by atoms with Gasteiger partial charge in [-0.05, 0) is 18.6 Å². The molecule has 0 spiro atoms. The predicted octanol–water partition coefficient (Wildman–Crippen LogP) is -0.192. The van der Waals surface area contributed by atoms with Crippen molar-refractivity contribution in [3.63, 3.8) is 0 Å². The highest BCUT2D eigenvalue weighted by Crippen LogP contribution is 2.33. The van der Waals surface area contributed by atoms with Gasteiger partial charge in [-0.15, -0.1) is 0 Å². The summed E-state index contributed by atoms with van der Waals surface area (Å²) in [6.07, 6.45) is 0.846. The first kappa shape index (κ1) is 24.6. The van der Waals surface area contributed by atoms with Crippen LogP contribution >= 0.6 is 0 Å². The number of nitrogens with one attached hydrogen (secondary N) is 1. The highest BCUT2D eigenvalue weighted by molar-refractivity contribution is 5.98. The number of ether oxygens (including phenoxy) is 2. The van der Waals surface area contributed by atoms with Gasteiger partial charge < -0.3 is 24.2 Å². The van der Waals surface area contributed by atoms with E-state index >= 15 is 0 Å². The van der Waals surface area contributed by atoms with Crippen LogP contribution in [0.2, 0.25) is 0 Å². The number of likely N-dealkylation sites (tertiary alicyclic amines) is 1. The Morgan fingerprint density at radius 3 is 2.38 bits per heavy atom. The zero-order chi connectivity index (χ0) is 24.1. The van der Waals surface area contributed by atoms with Crippen LogP contribution in [0.15, 0.2) is 30.3 Å². The van der Waals surface area contributed by atoms with E-state index in [9.17, 15) is 14.4 Å². The maximum absolute atomic E-state index is 13.7. The Balaban J connectivity index is 1.48. The van der Waals surface area contributed by atoms with Crippen LogP contribution in [0.4, 0.5) is 5.69 Å². The maximum atomic E-state index is 13.7. The van der Waals surface area contributed by atoms with E-state index in [-0.39, 0.29) is 42.2 Å². The number of amides is 3. The van der Waals surface area contributed by atoms with Crippen LogP contribution in [0.3, 0.4) is 0 Å². The summed E-state index contributed by atoms with van der Waals surface area (Å²) in [5, 5.41) is 1.61. The van der Waals surface area contributed by atoms with Gasteiger partial charge in [0.1, 0.15) is 6.61 Å². The molecular formula is C24H35N5O5. The molecule has 3 fully saturated rings. The molecule has 10 heteroatoms. The third kappa shape index (κ3) is 5.25. The number of hydrazine groups is 1. The van der Waals surface area contributed by atoms with Gasteiger partial charge in [0.05, 0.1) is 23.6 Å². The van der Waals surface area contributed by atoms with Crippen LogP contribution in [0.25, 0.3) is 0 Å². The fraction of sp³-hybridized carbons (Fsp3) is 0.625. The molecule has 3 aliphatic rings. The number of fused-ring (bicyclic) bond motifs is 1. The Hall–Kier alpha value is -2.53. The number of carbonyl (C=O) groups excluding carboxylic acids is 3. The number of rotatable bonds is 8. The summed E-state index contributed by atoms with van der Waals surface area (Å²) in [5.41, 5.74) is 4.15. The summed E-state index contributed by atoms with van der Waals surface area (Å²) in [6.45, 7) is 4.65. The first-order chi connectivity index (χ1) is 16.5. The van der Waals surface area contributed by atoms with Gasteiger partial charge in [-0.2, -0.15) is 0 Å². The smallest absolute Gasteiger partial charge is 0.248 e. The molecule has 0 saturated carbocycles. The van der Waals surface area contributed by atoms with Crippen molar-refractivity contribution in [1.82, 2.24) is 20.1 Å². The molecule has 34 heavy (non-hydrogen) atoms. The molecule has 3 heterocycles. The molecule has 1 aromatic carbocycles. The van der Waals surface area contributed by atoms with Crippen LogP contribution in [-0.2, 0) is 23.9 Å². The number of carbonyl (C=O) groups is 3. The van der Waals surface area contributed by atoms with E-state index < -0.39 is 0 Å². The number of methoxy groups -OCH3 is 2. The van der Waals surface area contributed by atoms with Gasteiger partial charge in [0, 0.05) is 66.6 Å². The van der Waals surface area contributed by atoms with Crippen LogP contribution in [0.1, 0.15) is 6.42 Å². The van der Waals surface area contributed by atoms with Crippen molar-refractivity contribution >= 4 is 23.4 Å². The molecule has 3 aliphatic heterocycles. The predicted molar refractivity (Wildman–Crippen MR) is 126 cm³/mol. The summed E-state index contributed by atoms with van der Waals surface area (Å²) in [5.74, 6) is -0.658. The van der Waals surface area contributed by atoms with Crippen LogP contribution in [0, 0.1) is 11.8 Å². The molecule has 4 rings (SSSR count). The Morgan fingerprint density at radius 2 is 1.71 bits per heavy atom. The van der Waals surface area contributed by atoms with Crippen molar-refractivity contribution in [3.05, 3.63) is 30.3 Å². The van der Waals surface area contributed by atoms with Gasteiger partial charge in [-0.25, -0.2) is 10.4 Å². The van der Waals surface area contributed by atoms with E-state index in [0.717, 1.165) is 18.7 Å². The molecule has 0 radical (unpaired) electrons. The van der Waals surface area contributed by atoms with Gasteiger partial charge in [-0.3, -0.25) is 14.4 Å². The van der Waals surface area contributed by atoms with Crippen molar-refractivity contribution in [2.24, 2.45) is 11.8 Å². The topological polar surface area (TPSA) is 94.7 Å². The third-order valence-electron chi connectivity index (χ3n) is 6.96. The molecule has 3 amide bonds. The number of para-hydroxylation sites is 1. The lowest BCUT2D eigenvalue weighted by molar-refractivity contribution is -0.146. The molecule has 3 unspecified atom stereocenters. The van der Waals surface area contributed by atoms with Crippen molar-refractivity contribution in [3.8, 4) is 0 Å². The van der Waals surface area contributed by atoms with Gasteiger partial charge >= 0.3 is 0 Å². The number of hydrogen-bond acceptors (Lipinski definition) is 7. The molecule has 186 valence electrons. The molecule has 0 aliphatic carbocycles. The second-order valence-electron chi connectivity index (χ2n) is 9.12. The summed E-state index contributed by atoms with van der Waals surface area (Å²) >= 11 is 0. The first-order valence-corrected chi connectivity index (χ1v) is 12.0. The number of hydrogen-bond donors (Lipinski definition) is 1. The molecule has 1 aromatic rings. The maximum Gasteiger partial charge on any atom is 0.248 e. The average molecular weight is 474 g/mol. The van der Waals surface area contributed by atoms with E-state index in [1.165, 1.54) is 7.11 Å². The fourth-order valence-corrected chi connectivity index (χ4v) is 5.18. The Morgan fingerprint density at radius 1 is 1.00 bits per heavy atom. The van der Waals surface area contributed by atoms with Gasteiger partial charge in [0.25, 0.3) is 0 Å². The number of anilines is 1. The molecule has 0 aromatic heterocycles. The second kappa shape index (κ2) is 11.3. The first-order valence-electron chi connectivity index (χ1n) is 12.0. The van der Waals surface area contributed by atoms with E-state index in [0.29, 0.717) is 45.9 Å². The van der Waals surface area contributed by atoms with E-state index in [2.05, 4.69) is 10.3 Å². The van der Waals surface area contributed by atoms with E-state index in [1.54, 1.807) is 17.0 Å². The van der Waals surface area contributed by atoms with Crippen LogP contribution in [-0.4, -0.2) is 112 Å². The third-order valence-corrected chi connectivity index (χ3v) is 6.96. The quantitative estimate of drug-likeness (QED) is 0.523. The minimum atomic E-state index is -0.347. The lowest BCUT2D eigenvalue weighted by Crippen LogP contribution is -2.60. The zero-order valence-electron chi connectivity index (χ0n) is 20.0. The Labute approximate surface area is 200 Å². The molecule has 0 bridgehead atoms. The highest BCUT2D eigenvalue weighted by atomic mass is 16.5. The number of nitrogens with zero attached hydrogens (tertiary/aromatic N) is 4. The molecule has 10 nitrogen and oxygen atoms in total. The van der Waals surface area contributed by atoms with E-state index in [4.69, 9.17) is 9.47 Å². The molecule has 1 N–H and O–H groups in total. The molecule has 3 saturated heterocycles. The van der Waals surface area contributed by atoms with Crippen molar-refractivity contribution in [2.45, 2.75) is 12.5 Å². The van der Waals surface area contributed by atoms with Gasteiger partial charge in [0.15, 0.2) is 0 Å². The molecule has 3 atom stereocenters. The normalized spacial score (nSPS) is 25.5. The number of piperazine rings is 1. The summed E-state index contributed by atoms with van der Waals surface area (Å²) in [6, 6.07) is 9.24. The van der Waals surface area contributed by atoms with Gasteiger partial charge in [-0.1, -0.05) is 18.2 Å². The number of piperidine rings is 1. The number of benzene rings is 1. The standard InChI is InChI=1S/C24H35N5O5/c1-33-14-6-9-26-15-19(23(31)28-12-10-27(11-13-28)21(30)17-34-2)22-20(16-26)24(32)29(25-22)18-7-4-3-5-8-18/h3-5,7-8,19-20,22,25H,6,9-17H2,1-2H3. The zero-order valence-corrected chi connectivity index (χ0v) is 20.0. The van der Waals surface area contributed by atoms with E-state index in [1.807, 2.05) is 35.2 Å². The Bertz CT molecular complexity index is 861. The SMILES string of the molecule is COCCCN1CC(C(=O)N2CCN(C(=O)COC)CC2)C2NN(c3ccccc3)C(=O)C2C1. The minimum absolute atomic E-state index is 0.000392. The van der Waals surface area contributed by atoms with Crippen LogP contribution < -0.4 is 10.4 Å². The Kier molecular flexibility index (Phi) is 8.15. The largest absolute Gasteiger partial charge is 0.385 e. The second-order valence-corrected chi connectivity index (χ2v) is 9.12. The summed E-state index contributed by atoms with van der Waals surface area (Å²) < 4.78 is 10.2. The highest BCUT2D eigenvalue weighted by Gasteiger charge is 2.51. The summed E-state index contributed by atoms with van der Waals surface area (Å²) in [4.78, 5) is 45.0. The summed E-state index contributed by atoms with van der Waals surface area (Å²) in [7, 11) is 3.18. The monoisotopic (exact) mass is 473 g/mol. The van der Waals surface area contributed by atoms with Crippen molar-refractivity contribution < 1.29 is 23.9 Å². The van der Waals surface area contributed by atoms with Crippen molar-refractivity contribution in [1.29, 1.82) is 0 Å². The molecular weight excluding hydrogens is 438 g/mol. The van der Waals surface area contributed by atoms with Crippen molar-refractivity contribution in [2.75, 3.05) is 78.3 Å². The fourth-order valence-electron chi connectivity index (χ4n) is 5.18. The average Bonchev–Trinajstić information content (AvgIpc) is 3.20. The van der Waals surface area contributed by atoms with Crippen LogP contribution in [0.5, 0.6) is 0 Å². The van der Waals surface area contributed by atoms with Gasteiger partial charge in [0.2, 0.25) is 17.7 Å². The lowest BCUT2D eigenvalue weighted by Gasteiger charge is -2.42. The minimum Gasteiger partial charge on any atom is -0.385 e.